The number of benzene rings is 2. The van der Waals surface area contributed by atoms with Gasteiger partial charge in [-0.05, 0) is 48.9 Å². The average Bonchev–Trinajstić information content (AvgIpc) is 2.49. The van der Waals surface area contributed by atoms with Crippen LogP contribution in [-0.2, 0) is 9.59 Å². The average molecular weight is 351 g/mol. The normalized spacial score (nSPS) is 10.3. The molecular weight excluding hydrogens is 335 g/mol. The number of halogens is 2. The Labute approximate surface area is 145 Å². The van der Waals surface area contributed by atoms with Crippen LogP contribution in [0.25, 0.3) is 0 Å². The van der Waals surface area contributed by atoms with E-state index in [1.165, 1.54) is 11.8 Å². The van der Waals surface area contributed by atoms with Crippen LogP contribution in [0.15, 0.2) is 42.5 Å². The van der Waals surface area contributed by atoms with Gasteiger partial charge < -0.3 is 10.2 Å². The van der Waals surface area contributed by atoms with Crippen LogP contribution in [-0.4, -0.2) is 18.4 Å². The second-order valence-electron chi connectivity index (χ2n) is 5.09. The number of carbonyl (C=O) groups is 2. The minimum absolute atomic E-state index is 0.0948. The lowest BCUT2D eigenvalue weighted by Gasteiger charge is -2.20. The summed E-state index contributed by atoms with van der Waals surface area (Å²) >= 11 is 11.9. The fourth-order valence-corrected chi connectivity index (χ4v) is 2.33. The van der Waals surface area contributed by atoms with E-state index >= 15 is 0 Å². The molecule has 23 heavy (non-hydrogen) atoms. The summed E-state index contributed by atoms with van der Waals surface area (Å²) < 4.78 is 0. The molecule has 2 aromatic rings. The monoisotopic (exact) mass is 350 g/mol. The molecule has 1 N–H and O–H groups in total. The van der Waals surface area contributed by atoms with Crippen LogP contribution in [0.4, 0.5) is 11.4 Å². The van der Waals surface area contributed by atoms with E-state index in [0.717, 1.165) is 5.56 Å². The van der Waals surface area contributed by atoms with Crippen LogP contribution in [0.2, 0.25) is 10.0 Å². The van der Waals surface area contributed by atoms with Gasteiger partial charge in [-0.2, -0.15) is 0 Å². The van der Waals surface area contributed by atoms with Gasteiger partial charge in [0.15, 0.2) is 0 Å². The lowest BCUT2D eigenvalue weighted by Crippen LogP contribution is -2.36. The van der Waals surface area contributed by atoms with Crippen molar-refractivity contribution in [1.29, 1.82) is 0 Å². The van der Waals surface area contributed by atoms with E-state index < -0.39 is 0 Å². The molecule has 2 rings (SSSR count). The molecular formula is C17H16Cl2N2O2. The molecule has 0 saturated heterocycles. The molecule has 0 bridgehead atoms. The number of hydrogen-bond acceptors (Lipinski definition) is 2. The molecule has 0 aliphatic heterocycles. The summed E-state index contributed by atoms with van der Waals surface area (Å²) in [5.41, 5.74) is 2.13. The van der Waals surface area contributed by atoms with Crippen molar-refractivity contribution in [1.82, 2.24) is 0 Å². The molecule has 0 heterocycles. The topological polar surface area (TPSA) is 49.4 Å². The van der Waals surface area contributed by atoms with Crippen molar-refractivity contribution in [2.24, 2.45) is 0 Å². The quantitative estimate of drug-likeness (QED) is 0.893. The van der Waals surface area contributed by atoms with Crippen molar-refractivity contribution in [3.63, 3.8) is 0 Å². The van der Waals surface area contributed by atoms with Crippen LogP contribution in [0.3, 0.4) is 0 Å². The number of rotatable bonds is 4. The van der Waals surface area contributed by atoms with Crippen LogP contribution in [0, 0.1) is 6.92 Å². The Morgan fingerprint density at radius 2 is 1.74 bits per heavy atom. The molecule has 4 nitrogen and oxygen atoms in total. The fourth-order valence-electron chi connectivity index (χ4n) is 2.02. The van der Waals surface area contributed by atoms with Crippen molar-refractivity contribution in [2.75, 3.05) is 16.8 Å². The van der Waals surface area contributed by atoms with Gasteiger partial charge in [0.2, 0.25) is 11.8 Å². The standard InChI is InChI=1S/C17H16Cl2N2O2/c1-11-3-6-14(9-16(11)19)20-17(23)10-21(12(2)22)15-7-4-13(18)5-8-15/h3-9H,10H2,1-2H3,(H,20,23). The first kappa shape index (κ1) is 17.3. The highest BCUT2D eigenvalue weighted by Crippen LogP contribution is 2.21. The minimum Gasteiger partial charge on any atom is -0.324 e. The van der Waals surface area contributed by atoms with Crippen molar-refractivity contribution in [3.05, 3.63) is 58.1 Å². The van der Waals surface area contributed by atoms with Gasteiger partial charge in [0, 0.05) is 28.3 Å². The Bertz CT molecular complexity index is 730. The van der Waals surface area contributed by atoms with Crippen LogP contribution in [0.1, 0.15) is 12.5 Å². The highest BCUT2D eigenvalue weighted by molar-refractivity contribution is 6.31. The molecule has 0 fully saturated rings. The van der Waals surface area contributed by atoms with Crippen molar-refractivity contribution in [2.45, 2.75) is 13.8 Å². The Morgan fingerprint density at radius 3 is 2.30 bits per heavy atom. The molecule has 0 radical (unpaired) electrons. The Balaban J connectivity index is 2.10. The van der Waals surface area contributed by atoms with E-state index in [1.54, 1.807) is 36.4 Å². The lowest BCUT2D eigenvalue weighted by atomic mass is 10.2. The largest absolute Gasteiger partial charge is 0.324 e. The molecule has 0 aliphatic rings. The Kier molecular flexibility index (Phi) is 5.64. The summed E-state index contributed by atoms with van der Waals surface area (Å²) in [6.45, 7) is 3.19. The maximum Gasteiger partial charge on any atom is 0.244 e. The number of amides is 2. The first-order chi connectivity index (χ1) is 10.9. The highest BCUT2D eigenvalue weighted by atomic mass is 35.5. The van der Waals surface area contributed by atoms with E-state index in [-0.39, 0.29) is 18.4 Å². The van der Waals surface area contributed by atoms with Crippen LogP contribution < -0.4 is 10.2 Å². The number of nitrogens with zero attached hydrogens (tertiary/aromatic N) is 1. The van der Waals surface area contributed by atoms with Gasteiger partial charge in [-0.3, -0.25) is 9.59 Å². The summed E-state index contributed by atoms with van der Waals surface area (Å²) in [6, 6.07) is 12.0. The Morgan fingerprint density at radius 1 is 1.09 bits per heavy atom. The van der Waals surface area contributed by atoms with Crippen LogP contribution in [0.5, 0.6) is 0 Å². The van der Waals surface area contributed by atoms with Gasteiger partial charge in [0.1, 0.15) is 6.54 Å². The number of aryl methyl sites for hydroxylation is 1. The third-order valence-electron chi connectivity index (χ3n) is 3.28. The van der Waals surface area contributed by atoms with Gasteiger partial charge in [-0.25, -0.2) is 0 Å². The first-order valence-electron chi connectivity index (χ1n) is 6.96. The zero-order valence-corrected chi connectivity index (χ0v) is 14.3. The zero-order valence-electron chi connectivity index (χ0n) is 12.8. The summed E-state index contributed by atoms with van der Waals surface area (Å²) in [4.78, 5) is 25.4. The molecule has 0 unspecified atom stereocenters. The van der Waals surface area contributed by atoms with E-state index in [2.05, 4.69) is 5.32 Å². The van der Waals surface area contributed by atoms with Crippen molar-refractivity contribution in [3.8, 4) is 0 Å². The van der Waals surface area contributed by atoms with Crippen molar-refractivity contribution < 1.29 is 9.59 Å². The van der Waals surface area contributed by atoms with Gasteiger partial charge in [-0.1, -0.05) is 29.3 Å². The van der Waals surface area contributed by atoms with Gasteiger partial charge in [0.05, 0.1) is 0 Å². The number of hydrogen-bond donors (Lipinski definition) is 1. The number of nitrogens with one attached hydrogen (secondary N) is 1. The predicted octanol–water partition coefficient (Wildman–Crippen LogP) is 4.29. The third kappa shape index (κ3) is 4.71. The summed E-state index contributed by atoms with van der Waals surface area (Å²) in [7, 11) is 0. The van der Waals surface area contributed by atoms with E-state index in [0.29, 0.717) is 21.4 Å². The second-order valence-corrected chi connectivity index (χ2v) is 5.94. The minimum atomic E-state index is -0.310. The fraction of sp³-hybridized carbons (Fsp3) is 0.176. The SMILES string of the molecule is CC(=O)N(CC(=O)Nc1ccc(C)c(Cl)c1)c1ccc(Cl)cc1. The number of anilines is 2. The lowest BCUT2D eigenvalue weighted by molar-refractivity contribution is -0.120. The molecule has 0 aliphatic carbocycles. The predicted molar refractivity (Wildman–Crippen MR) is 94.3 cm³/mol. The maximum atomic E-state index is 12.2. The van der Waals surface area contributed by atoms with Gasteiger partial charge in [0.25, 0.3) is 0 Å². The van der Waals surface area contributed by atoms with Crippen molar-refractivity contribution >= 4 is 46.4 Å². The second kappa shape index (κ2) is 7.49. The van der Waals surface area contributed by atoms with E-state index in [4.69, 9.17) is 23.2 Å². The molecule has 0 saturated carbocycles. The molecule has 0 spiro atoms. The molecule has 6 heteroatoms. The summed E-state index contributed by atoms with van der Waals surface area (Å²) in [5.74, 6) is -0.542. The number of carbonyl (C=O) groups excluding carboxylic acids is 2. The van der Waals surface area contributed by atoms with E-state index in [9.17, 15) is 9.59 Å². The zero-order chi connectivity index (χ0) is 17.0. The highest BCUT2D eigenvalue weighted by Gasteiger charge is 2.16. The van der Waals surface area contributed by atoms with Gasteiger partial charge in [-0.15, -0.1) is 0 Å². The van der Waals surface area contributed by atoms with E-state index in [1.807, 2.05) is 13.0 Å². The summed E-state index contributed by atoms with van der Waals surface area (Å²) in [6.07, 6.45) is 0. The third-order valence-corrected chi connectivity index (χ3v) is 3.93. The van der Waals surface area contributed by atoms with Crippen LogP contribution >= 0.6 is 23.2 Å². The molecule has 2 amide bonds. The molecule has 0 atom stereocenters. The summed E-state index contributed by atoms with van der Waals surface area (Å²) in [5, 5.41) is 3.87. The smallest absolute Gasteiger partial charge is 0.244 e. The molecule has 2 aromatic carbocycles. The maximum absolute atomic E-state index is 12.2. The molecule has 120 valence electrons. The first-order valence-corrected chi connectivity index (χ1v) is 7.72. The Hall–Kier alpha value is -2.04. The molecule has 0 aromatic heterocycles. The van der Waals surface area contributed by atoms with Gasteiger partial charge >= 0.3 is 0 Å².